The highest BCUT2D eigenvalue weighted by Crippen LogP contribution is 2.25. The second-order valence-corrected chi connectivity index (χ2v) is 5.01. The van der Waals surface area contributed by atoms with E-state index in [-0.39, 0.29) is 5.56 Å². The van der Waals surface area contributed by atoms with Gasteiger partial charge in [0.15, 0.2) is 17.5 Å². The molecule has 0 aromatic heterocycles. The number of hydrogen-bond donors (Lipinski definition) is 1. The summed E-state index contributed by atoms with van der Waals surface area (Å²) in [5.74, 6) is -3.65. The van der Waals surface area contributed by atoms with E-state index in [9.17, 15) is 13.2 Å². The minimum absolute atomic E-state index is 0.150. The van der Waals surface area contributed by atoms with E-state index in [1.165, 1.54) is 0 Å². The zero-order valence-corrected chi connectivity index (χ0v) is 11.9. The maximum Gasteiger partial charge on any atom is 0.194 e. The normalized spacial score (nSPS) is 13.8. The van der Waals surface area contributed by atoms with Crippen molar-refractivity contribution in [2.75, 3.05) is 0 Å². The van der Waals surface area contributed by atoms with Crippen LogP contribution in [-0.2, 0) is 0 Å². The lowest BCUT2D eigenvalue weighted by Gasteiger charge is -2.22. The van der Waals surface area contributed by atoms with Crippen molar-refractivity contribution in [2.24, 2.45) is 5.73 Å². The van der Waals surface area contributed by atoms with E-state index in [0.29, 0.717) is 10.8 Å². The molecule has 0 aliphatic rings. The molecular formula is C15H13ClF3NO. The lowest BCUT2D eigenvalue weighted by Crippen LogP contribution is -2.29. The molecule has 2 unspecified atom stereocenters. The largest absolute Gasteiger partial charge is 0.489 e. The maximum absolute atomic E-state index is 13.7. The van der Waals surface area contributed by atoms with E-state index in [4.69, 9.17) is 22.1 Å². The third-order valence-electron chi connectivity index (χ3n) is 3.05. The summed E-state index contributed by atoms with van der Waals surface area (Å²) in [6.45, 7) is 1.60. The first kappa shape index (κ1) is 15.7. The molecule has 0 heterocycles. The standard InChI is InChI=1S/C15H13ClF3NO/c1-8(21-10-4-2-3-9(16)7-10)15(20)11-5-6-12(17)14(19)13(11)18/h2-8,15H,20H2,1H3. The minimum Gasteiger partial charge on any atom is -0.489 e. The van der Waals surface area contributed by atoms with E-state index >= 15 is 0 Å². The van der Waals surface area contributed by atoms with Crippen LogP contribution >= 0.6 is 11.6 Å². The predicted octanol–water partition coefficient (Wildman–Crippen LogP) is 4.22. The van der Waals surface area contributed by atoms with Crippen LogP contribution in [0.4, 0.5) is 13.2 Å². The summed E-state index contributed by atoms with van der Waals surface area (Å²) in [4.78, 5) is 0. The summed E-state index contributed by atoms with van der Waals surface area (Å²) in [7, 11) is 0. The molecule has 0 aliphatic carbocycles. The molecule has 0 fully saturated rings. The summed E-state index contributed by atoms with van der Waals surface area (Å²) in [6.07, 6.45) is -0.664. The molecule has 0 saturated heterocycles. The molecule has 2 atom stereocenters. The highest BCUT2D eigenvalue weighted by molar-refractivity contribution is 6.30. The van der Waals surface area contributed by atoms with E-state index in [1.807, 2.05) is 0 Å². The van der Waals surface area contributed by atoms with Crippen LogP contribution in [0.2, 0.25) is 5.02 Å². The van der Waals surface area contributed by atoms with Crippen molar-refractivity contribution >= 4 is 11.6 Å². The molecule has 112 valence electrons. The first-order valence-corrected chi connectivity index (χ1v) is 6.59. The van der Waals surface area contributed by atoms with Gasteiger partial charge in [-0.25, -0.2) is 13.2 Å². The van der Waals surface area contributed by atoms with Gasteiger partial charge in [0.1, 0.15) is 11.9 Å². The van der Waals surface area contributed by atoms with Crippen LogP contribution in [0, 0.1) is 17.5 Å². The van der Waals surface area contributed by atoms with Gasteiger partial charge in [0, 0.05) is 10.6 Å². The molecule has 2 aromatic carbocycles. The monoisotopic (exact) mass is 315 g/mol. The molecule has 0 radical (unpaired) electrons. The number of ether oxygens (including phenoxy) is 1. The van der Waals surface area contributed by atoms with Gasteiger partial charge in [0.25, 0.3) is 0 Å². The van der Waals surface area contributed by atoms with Gasteiger partial charge in [0.05, 0.1) is 6.04 Å². The summed E-state index contributed by atoms with van der Waals surface area (Å²) in [5.41, 5.74) is 5.71. The van der Waals surface area contributed by atoms with Crippen LogP contribution in [0.1, 0.15) is 18.5 Å². The van der Waals surface area contributed by atoms with Crippen molar-refractivity contribution in [3.05, 3.63) is 64.4 Å². The highest BCUT2D eigenvalue weighted by atomic mass is 35.5. The van der Waals surface area contributed by atoms with Gasteiger partial charge in [0.2, 0.25) is 0 Å². The van der Waals surface area contributed by atoms with Crippen molar-refractivity contribution in [1.82, 2.24) is 0 Å². The Hall–Kier alpha value is -1.72. The van der Waals surface area contributed by atoms with Gasteiger partial charge < -0.3 is 10.5 Å². The maximum atomic E-state index is 13.7. The molecule has 2 rings (SSSR count). The molecular weight excluding hydrogens is 303 g/mol. The van der Waals surface area contributed by atoms with Gasteiger partial charge in [-0.1, -0.05) is 23.7 Å². The number of nitrogens with two attached hydrogens (primary N) is 1. The fraction of sp³-hybridized carbons (Fsp3) is 0.200. The second kappa shape index (κ2) is 6.37. The Morgan fingerprint density at radius 2 is 1.81 bits per heavy atom. The number of hydrogen-bond acceptors (Lipinski definition) is 2. The van der Waals surface area contributed by atoms with Gasteiger partial charge in [-0.3, -0.25) is 0 Å². The van der Waals surface area contributed by atoms with Crippen molar-refractivity contribution in [2.45, 2.75) is 19.1 Å². The fourth-order valence-corrected chi connectivity index (χ4v) is 2.06. The Morgan fingerprint density at radius 1 is 1.10 bits per heavy atom. The summed E-state index contributed by atoms with van der Waals surface area (Å²) in [6, 6.07) is 7.58. The van der Waals surface area contributed by atoms with Crippen molar-refractivity contribution in [3.8, 4) is 5.75 Å². The third-order valence-corrected chi connectivity index (χ3v) is 3.28. The quantitative estimate of drug-likeness (QED) is 0.857. The SMILES string of the molecule is CC(Oc1cccc(Cl)c1)C(N)c1ccc(F)c(F)c1F. The van der Waals surface area contributed by atoms with Gasteiger partial charge >= 0.3 is 0 Å². The molecule has 0 spiro atoms. The predicted molar refractivity (Wildman–Crippen MR) is 74.8 cm³/mol. The lowest BCUT2D eigenvalue weighted by molar-refractivity contribution is 0.187. The average Bonchev–Trinajstić information content (AvgIpc) is 2.44. The summed E-state index contributed by atoms with van der Waals surface area (Å²) in [5, 5.41) is 0.479. The first-order valence-electron chi connectivity index (χ1n) is 6.21. The smallest absolute Gasteiger partial charge is 0.194 e. The topological polar surface area (TPSA) is 35.2 Å². The Kier molecular flexibility index (Phi) is 4.75. The van der Waals surface area contributed by atoms with Crippen LogP contribution in [-0.4, -0.2) is 6.10 Å². The molecule has 0 saturated carbocycles. The Labute approximate surface area is 125 Å². The minimum atomic E-state index is -1.54. The first-order chi connectivity index (χ1) is 9.90. The van der Waals surface area contributed by atoms with Crippen molar-refractivity contribution < 1.29 is 17.9 Å². The molecule has 2 N–H and O–H groups in total. The van der Waals surface area contributed by atoms with Crippen LogP contribution in [0.3, 0.4) is 0 Å². The Bertz CT molecular complexity index is 651. The zero-order valence-electron chi connectivity index (χ0n) is 11.1. The molecule has 0 aliphatic heterocycles. The van der Waals surface area contributed by atoms with E-state index in [2.05, 4.69) is 0 Å². The molecule has 6 heteroatoms. The summed E-state index contributed by atoms with van der Waals surface area (Å²) < 4.78 is 45.4. The molecule has 0 bridgehead atoms. The molecule has 21 heavy (non-hydrogen) atoms. The van der Waals surface area contributed by atoms with Gasteiger partial charge in [-0.2, -0.15) is 0 Å². The average molecular weight is 316 g/mol. The third kappa shape index (κ3) is 3.49. The Morgan fingerprint density at radius 3 is 2.48 bits per heavy atom. The highest BCUT2D eigenvalue weighted by Gasteiger charge is 2.23. The van der Waals surface area contributed by atoms with E-state index in [0.717, 1.165) is 12.1 Å². The molecule has 2 nitrogen and oxygen atoms in total. The molecule has 0 amide bonds. The van der Waals surface area contributed by atoms with Crippen molar-refractivity contribution in [3.63, 3.8) is 0 Å². The lowest BCUT2D eigenvalue weighted by atomic mass is 10.0. The number of halogens is 4. The molecule has 2 aromatic rings. The second-order valence-electron chi connectivity index (χ2n) is 4.57. The fourth-order valence-electron chi connectivity index (χ4n) is 1.88. The van der Waals surface area contributed by atoms with Gasteiger partial charge in [-0.05, 0) is 31.2 Å². The van der Waals surface area contributed by atoms with E-state index < -0.39 is 29.6 Å². The van der Waals surface area contributed by atoms with E-state index in [1.54, 1.807) is 31.2 Å². The van der Waals surface area contributed by atoms with Crippen LogP contribution in [0.25, 0.3) is 0 Å². The zero-order chi connectivity index (χ0) is 15.6. The van der Waals surface area contributed by atoms with Crippen LogP contribution < -0.4 is 10.5 Å². The van der Waals surface area contributed by atoms with Gasteiger partial charge in [-0.15, -0.1) is 0 Å². The number of rotatable bonds is 4. The Balaban J connectivity index is 2.20. The van der Waals surface area contributed by atoms with Crippen molar-refractivity contribution in [1.29, 1.82) is 0 Å². The van der Waals surface area contributed by atoms with Crippen LogP contribution in [0.15, 0.2) is 36.4 Å². The number of benzene rings is 2. The summed E-state index contributed by atoms with van der Waals surface area (Å²) >= 11 is 5.83. The van der Waals surface area contributed by atoms with Crippen LogP contribution in [0.5, 0.6) is 5.75 Å².